The van der Waals surface area contributed by atoms with Crippen LogP contribution in [-0.4, -0.2) is 45.7 Å². The quantitative estimate of drug-likeness (QED) is 0.409. The zero-order chi connectivity index (χ0) is 22.6. The van der Waals surface area contributed by atoms with Crippen molar-refractivity contribution in [1.82, 2.24) is 25.4 Å². The molecule has 0 saturated carbocycles. The van der Waals surface area contributed by atoms with Gasteiger partial charge in [0.1, 0.15) is 5.69 Å². The van der Waals surface area contributed by atoms with Crippen LogP contribution in [0, 0.1) is 0 Å². The Balaban J connectivity index is 1.38. The van der Waals surface area contributed by atoms with Gasteiger partial charge in [-0.3, -0.25) is 10.1 Å². The van der Waals surface area contributed by atoms with Gasteiger partial charge in [0.2, 0.25) is 0 Å². The van der Waals surface area contributed by atoms with Gasteiger partial charge in [-0.25, -0.2) is 4.79 Å². The Morgan fingerprint density at radius 2 is 2.00 bits per heavy atom. The number of nitrogens with one attached hydrogen (secondary N) is 3. The third-order valence-electron chi connectivity index (χ3n) is 6.41. The van der Waals surface area contributed by atoms with Crippen LogP contribution in [0.4, 0.5) is 10.5 Å². The van der Waals surface area contributed by atoms with Gasteiger partial charge in [-0.05, 0) is 62.3 Å². The number of H-pyrrole nitrogens is 1. The highest BCUT2D eigenvalue weighted by molar-refractivity contribution is 5.98. The number of pyridine rings is 1. The number of fused-ring (bicyclic) bond motifs is 1. The molecule has 4 aromatic rings. The molecule has 1 aliphatic heterocycles. The maximum atomic E-state index is 13.1. The molecule has 0 radical (unpaired) electrons. The molecule has 1 fully saturated rings. The maximum Gasteiger partial charge on any atom is 0.319 e. The summed E-state index contributed by atoms with van der Waals surface area (Å²) in [7, 11) is 2.14. The van der Waals surface area contributed by atoms with Crippen molar-refractivity contribution in [2.45, 2.75) is 31.3 Å². The number of anilines is 1. The fourth-order valence-corrected chi connectivity index (χ4v) is 4.71. The molecular formula is C26H28N6O. The Hall–Kier alpha value is -3.71. The molecule has 0 aliphatic carbocycles. The first-order valence-corrected chi connectivity index (χ1v) is 11.4. The molecule has 0 spiro atoms. The molecule has 3 N–H and O–H groups in total. The molecule has 0 bridgehead atoms. The number of nitrogens with zero attached hydrogens (tertiary/aromatic N) is 3. The molecule has 2 aromatic carbocycles. The van der Waals surface area contributed by atoms with E-state index in [0.29, 0.717) is 0 Å². The molecule has 3 heterocycles. The van der Waals surface area contributed by atoms with E-state index >= 15 is 0 Å². The first-order valence-electron chi connectivity index (χ1n) is 11.4. The predicted octanol–water partition coefficient (Wildman–Crippen LogP) is 4.97. The van der Waals surface area contributed by atoms with Crippen molar-refractivity contribution >= 4 is 22.6 Å². The predicted molar refractivity (Wildman–Crippen MR) is 131 cm³/mol. The fraction of sp³-hybridized carbons (Fsp3) is 0.269. The minimum atomic E-state index is -0.214. The number of amides is 2. The van der Waals surface area contributed by atoms with Crippen LogP contribution < -0.4 is 10.6 Å². The van der Waals surface area contributed by atoms with Gasteiger partial charge < -0.3 is 15.5 Å². The number of rotatable bonds is 5. The molecule has 7 nitrogen and oxygen atoms in total. The number of carbonyl (C=O) groups is 1. The molecule has 2 aromatic heterocycles. The third-order valence-corrected chi connectivity index (χ3v) is 6.41. The highest BCUT2D eigenvalue weighted by Crippen LogP contribution is 2.29. The van der Waals surface area contributed by atoms with Gasteiger partial charge >= 0.3 is 6.03 Å². The molecule has 168 valence electrons. The van der Waals surface area contributed by atoms with Crippen molar-refractivity contribution in [3.05, 3.63) is 78.6 Å². The van der Waals surface area contributed by atoms with E-state index in [0.717, 1.165) is 46.4 Å². The highest BCUT2D eigenvalue weighted by atomic mass is 16.2. The molecule has 1 saturated heterocycles. The number of aromatic nitrogens is 3. The number of hydrogen-bond acceptors (Lipinski definition) is 4. The standard InChI is InChI=1S/C26H28N6O/c1-32-15-6-5-11-23(32)25(18-8-3-2-4-9-18)29-26(33)28-20-12-13-22-21(16-20)24(31-30-22)19-10-7-14-27-17-19/h2-4,7-10,12-14,16-17,23,25H,5-6,11,15H2,1H3,(H,30,31)(H2,28,29,33). The van der Waals surface area contributed by atoms with Crippen molar-refractivity contribution in [1.29, 1.82) is 0 Å². The van der Waals surface area contributed by atoms with Crippen molar-refractivity contribution in [3.8, 4) is 11.3 Å². The normalized spacial score (nSPS) is 17.5. The van der Waals surface area contributed by atoms with Crippen LogP contribution in [0.1, 0.15) is 30.9 Å². The fourth-order valence-electron chi connectivity index (χ4n) is 4.71. The topological polar surface area (TPSA) is 85.9 Å². The van der Waals surface area contributed by atoms with E-state index < -0.39 is 0 Å². The van der Waals surface area contributed by atoms with E-state index in [9.17, 15) is 4.79 Å². The van der Waals surface area contributed by atoms with Crippen LogP contribution in [0.15, 0.2) is 73.1 Å². The van der Waals surface area contributed by atoms with Crippen LogP contribution in [0.3, 0.4) is 0 Å². The Morgan fingerprint density at radius 3 is 2.79 bits per heavy atom. The summed E-state index contributed by atoms with van der Waals surface area (Å²) in [6, 6.07) is 19.8. The van der Waals surface area contributed by atoms with E-state index in [1.807, 2.05) is 48.5 Å². The lowest BCUT2D eigenvalue weighted by Crippen LogP contribution is -2.47. The summed E-state index contributed by atoms with van der Waals surface area (Å²) in [5.41, 5.74) is 4.49. The average molecular weight is 441 g/mol. The molecule has 1 aliphatic rings. The van der Waals surface area contributed by atoms with E-state index in [1.165, 1.54) is 12.8 Å². The van der Waals surface area contributed by atoms with Crippen LogP contribution in [0.25, 0.3) is 22.2 Å². The lowest BCUT2D eigenvalue weighted by Gasteiger charge is -2.38. The second kappa shape index (κ2) is 9.42. The van der Waals surface area contributed by atoms with Crippen LogP contribution >= 0.6 is 0 Å². The van der Waals surface area contributed by atoms with E-state index in [4.69, 9.17) is 0 Å². The SMILES string of the molecule is CN1CCCCC1C(NC(=O)Nc1ccc2[nH]nc(-c3cccnc3)c2c1)c1ccccc1. The first-order chi connectivity index (χ1) is 16.2. The van der Waals surface area contributed by atoms with Gasteiger partial charge in [0.15, 0.2) is 0 Å². The Bertz CT molecular complexity index is 1220. The molecule has 33 heavy (non-hydrogen) atoms. The smallest absolute Gasteiger partial charge is 0.319 e. The summed E-state index contributed by atoms with van der Waals surface area (Å²) in [4.78, 5) is 19.7. The molecule has 2 unspecified atom stereocenters. The Morgan fingerprint density at radius 1 is 1.12 bits per heavy atom. The summed E-state index contributed by atoms with van der Waals surface area (Å²) >= 11 is 0. The summed E-state index contributed by atoms with van der Waals surface area (Å²) in [6.45, 7) is 1.05. The first kappa shape index (κ1) is 21.2. The Kier molecular flexibility index (Phi) is 6.04. The van der Waals surface area contributed by atoms with E-state index in [2.05, 4.69) is 49.9 Å². The average Bonchev–Trinajstić information content (AvgIpc) is 3.27. The Labute approximate surface area is 193 Å². The van der Waals surface area contributed by atoms with Crippen molar-refractivity contribution in [3.63, 3.8) is 0 Å². The summed E-state index contributed by atoms with van der Waals surface area (Å²) in [5, 5.41) is 14.7. The van der Waals surface area contributed by atoms with Crippen molar-refractivity contribution in [2.75, 3.05) is 18.9 Å². The van der Waals surface area contributed by atoms with Crippen molar-refractivity contribution < 1.29 is 4.79 Å². The van der Waals surface area contributed by atoms with Gasteiger partial charge in [-0.1, -0.05) is 36.8 Å². The minimum absolute atomic E-state index is 0.0832. The van der Waals surface area contributed by atoms with Crippen LogP contribution in [0.5, 0.6) is 0 Å². The second-order valence-corrected chi connectivity index (χ2v) is 8.60. The van der Waals surface area contributed by atoms with Gasteiger partial charge in [0.25, 0.3) is 0 Å². The van der Waals surface area contributed by atoms with Gasteiger partial charge in [0.05, 0.1) is 11.6 Å². The largest absolute Gasteiger partial charge is 0.329 e. The number of carbonyl (C=O) groups excluding carboxylic acids is 1. The van der Waals surface area contributed by atoms with Crippen LogP contribution in [-0.2, 0) is 0 Å². The number of likely N-dealkylation sites (N-methyl/N-ethyl adjacent to an activating group) is 1. The monoisotopic (exact) mass is 440 g/mol. The number of hydrogen-bond donors (Lipinski definition) is 3. The summed E-state index contributed by atoms with van der Waals surface area (Å²) in [5.74, 6) is 0. The second-order valence-electron chi connectivity index (χ2n) is 8.60. The number of piperidine rings is 1. The number of aromatic amines is 1. The highest BCUT2D eigenvalue weighted by Gasteiger charge is 2.30. The number of benzene rings is 2. The van der Waals surface area contributed by atoms with Gasteiger partial charge in [0, 0.05) is 35.1 Å². The lowest BCUT2D eigenvalue weighted by molar-refractivity contribution is 0.147. The molecule has 2 amide bonds. The van der Waals surface area contributed by atoms with E-state index in [1.54, 1.807) is 12.4 Å². The summed E-state index contributed by atoms with van der Waals surface area (Å²) in [6.07, 6.45) is 6.96. The van der Waals surface area contributed by atoms with Gasteiger partial charge in [-0.15, -0.1) is 0 Å². The van der Waals surface area contributed by atoms with E-state index in [-0.39, 0.29) is 18.1 Å². The zero-order valence-electron chi connectivity index (χ0n) is 18.7. The minimum Gasteiger partial charge on any atom is -0.329 e. The maximum absolute atomic E-state index is 13.1. The van der Waals surface area contributed by atoms with Crippen LogP contribution in [0.2, 0.25) is 0 Å². The van der Waals surface area contributed by atoms with Crippen molar-refractivity contribution in [2.24, 2.45) is 0 Å². The molecular weight excluding hydrogens is 412 g/mol. The summed E-state index contributed by atoms with van der Waals surface area (Å²) < 4.78 is 0. The molecule has 7 heteroatoms. The molecule has 2 atom stereocenters. The van der Waals surface area contributed by atoms with Gasteiger partial charge in [-0.2, -0.15) is 5.10 Å². The number of likely N-dealkylation sites (tertiary alicyclic amines) is 1. The zero-order valence-corrected chi connectivity index (χ0v) is 18.7. The number of urea groups is 1. The lowest BCUT2D eigenvalue weighted by atomic mass is 9.91. The molecule has 5 rings (SSSR count). The third kappa shape index (κ3) is 4.59.